The molecule has 0 aliphatic carbocycles. The van der Waals surface area contributed by atoms with Crippen LogP contribution in [0.3, 0.4) is 0 Å². The number of aryl methyl sites for hydroxylation is 1. The Bertz CT molecular complexity index is 368. The molecule has 1 unspecified atom stereocenters. The molecule has 2 nitrogen and oxygen atoms in total. The van der Waals surface area contributed by atoms with E-state index in [1.54, 1.807) is 0 Å². The van der Waals surface area contributed by atoms with Crippen LogP contribution in [0.15, 0.2) is 24.3 Å². The van der Waals surface area contributed by atoms with Gasteiger partial charge in [0.05, 0.1) is 6.10 Å². The molecular weight excluding hydrogens is 222 g/mol. The van der Waals surface area contributed by atoms with Gasteiger partial charge in [0.25, 0.3) is 0 Å². The lowest BCUT2D eigenvalue weighted by Gasteiger charge is -2.27. The molecular formula is C16H27NO. The second kappa shape index (κ2) is 6.35. The van der Waals surface area contributed by atoms with Crippen molar-refractivity contribution >= 4 is 0 Å². The Kier molecular flexibility index (Phi) is 5.36. The van der Waals surface area contributed by atoms with Crippen LogP contribution in [-0.2, 0) is 0 Å². The predicted molar refractivity (Wildman–Crippen MR) is 77.7 cm³/mol. The molecule has 0 radical (unpaired) electrons. The summed E-state index contributed by atoms with van der Waals surface area (Å²) in [6.45, 7) is 10.7. The third-order valence-corrected chi connectivity index (χ3v) is 2.96. The van der Waals surface area contributed by atoms with Crippen LogP contribution >= 0.6 is 0 Å². The predicted octanol–water partition coefficient (Wildman–Crippen LogP) is 3.40. The van der Waals surface area contributed by atoms with Crippen LogP contribution in [0.1, 0.15) is 44.4 Å². The van der Waals surface area contributed by atoms with Crippen LogP contribution in [0, 0.1) is 12.3 Å². The molecule has 1 atom stereocenters. The van der Waals surface area contributed by atoms with E-state index >= 15 is 0 Å². The molecule has 102 valence electrons. The van der Waals surface area contributed by atoms with Gasteiger partial charge in [0.15, 0.2) is 0 Å². The minimum Gasteiger partial charge on any atom is -0.388 e. The van der Waals surface area contributed by atoms with Crippen molar-refractivity contribution in [3.8, 4) is 0 Å². The van der Waals surface area contributed by atoms with E-state index < -0.39 is 0 Å². The van der Waals surface area contributed by atoms with Gasteiger partial charge in [0.1, 0.15) is 0 Å². The van der Waals surface area contributed by atoms with E-state index in [9.17, 15) is 5.11 Å². The lowest BCUT2D eigenvalue weighted by atomic mass is 9.96. The molecule has 1 rings (SSSR count). The molecule has 0 bridgehead atoms. The van der Waals surface area contributed by atoms with Crippen LogP contribution in [0.25, 0.3) is 0 Å². The zero-order chi connectivity index (χ0) is 13.8. The van der Waals surface area contributed by atoms with Gasteiger partial charge in [-0.25, -0.2) is 0 Å². The number of aliphatic hydroxyl groups is 1. The summed E-state index contributed by atoms with van der Waals surface area (Å²) < 4.78 is 0. The SMILES string of the molecule is Cc1cccc(C(O)CCN(C)CC(C)(C)C)c1. The number of rotatable bonds is 5. The first-order valence-electron chi connectivity index (χ1n) is 6.71. The first-order valence-corrected chi connectivity index (χ1v) is 6.71. The van der Waals surface area contributed by atoms with Crippen molar-refractivity contribution in [3.63, 3.8) is 0 Å². The van der Waals surface area contributed by atoms with Crippen LogP contribution < -0.4 is 0 Å². The largest absolute Gasteiger partial charge is 0.388 e. The Balaban J connectivity index is 2.44. The van der Waals surface area contributed by atoms with Gasteiger partial charge < -0.3 is 10.0 Å². The maximum atomic E-state index is 10.2. The van der Waals surface area contributed by atoms with E-state index in [0.29, 0.717) is 5.41 Å². The molecule has 1 N–H and O–H groups in total. The lowest BCUT2D eigenvalue weighted by molar-refractivity contribution is 0.137. The smallest absolute Gasteiger partial charge is 0.0802 e. The van der Waals surface area contributed by atoms with E-state index in [1.165, 1.54) is 5.56 Å². The average Bonchev–Trinajstić information content (AvgIpc) is 2.23. The van der Waals surface area contributed by atoms with Gasteiger partial charge in [0, 0.05) is 13.1 Å². The quantitative estimate of drug-likeness (QED) is 0.864. The van der Waals surface area contributed by atoms with Crippen LogP contribution in [0.2, 0.25) is 0 Å². The normalized spacial score (nSPS) is 13.9. The summed E-state index contributed by atoms with van der Waals surface area (Å²) in [5.41, 5.74) is 2.54. The molecule has 0 heterocycles. The first kappa shape index (κ1) is 15.2. The van der Waals surface area contributed by atoms with Gasteiger partial charge in [-0.2, -0.15) is 0 Å². The molecule has 0 aromatic heterocycles. The highest BCUT2D eigenvalue weighted by Gasteiger charge is 2.15. The first-order chi connectivity index (χ1) is 8.28. The second-order valence-electron chi connectivity index (χ2n) is 6.52. The van der Waals surface area contributed by atoms with Crippen molar-refractivity contribution in [2.45, 2.75) is 40.2 Å². The average molecular weight is 249 g/mol. The molecule has 0 saturated heterocycles. The Morgan fingerprint density at radius 2 is 1.94 bits per heavy atom. The molecule has 18 heavy (non-hydrogen) atoms. The Morgan fingerprint density at radius 1 is 1.28 bits per heavy atom. The van der Waals surface area contributed by atoms with Crippen LogP contribution in [-0.4, -0.2) is 30.1 Å². The molecule has 0 fully saturated rings. The monoisotopic (exact) mass is 249 g/mol. The van der Waals surface area contributed by atoms with Crippen molar-refractivity contribution in [2.75, 3.05) is 20.1 Å². The third kappa shape index (κ3) is 5.65. The van der Waals surface area contributed by atoms with Crippen molar-refractivity contribution in [3.05, 3.63) is 35.4 Å². The maximum absolute atomic E-state index is 10.2. The number of hydrogen-bond acceptors (Lipinski definition) is 2. The number of hydrogen-bond donors (Lipinski definition) is 1. The fraction of sp³-hybridized carbons (Fsp3) is 0.625. The zero-order valence-corrected chi connectivity index (χ0v) is 12.4. The highest BCUT2D eigenvalue weighted by atomic mass is 16.3. The summed E-state index contributed by atoms with van der Waals surface area (Å²) in [6, 6.07) is 8.13. The maximum Gasteiger partial charge on any atom is 0.0802 e. The lowest BCUT2D eigenvalue weighted by Crippen LogP contribution is -2.30. The minimum atomic E-state index is -0.354. The van der Waals surface area contributed by atoms with E-state index in [-0.39, 0.29) is 6.10 Å². The Hall–Kier alpha value is -0.860. The molecule has 0 aliphatic rings. The van der Waals surface area contributed by atoms with Crippen LogP contribution in [0.5, 0.6) is 0 Å². The standard InChI is InChI=1S/C16H27NO/c1-13-7-6-8-14(11-13)15(18)9-10-17(5)12-16(2,3)4/h6-8,11,15,18H,9-10,12H2,1-5H3. The van der Waals surface area contributed by atoms with E-state index in [1.807, 2.05) is 12.1 Å². The fourth-order valence-corrected chi connectivity index (χ4v) is 2.28. The summed E-state index contributed by atoms with van der Waals surface area (Å²) in [5, 5.41) is 10.2. The van der Waals surface area contributed by atoms with Gasteiger partial charge in [-0.15, -0.1) is 0 Å². The molecule has 0 amide bonds. The van der Waals surface area contributed by atoms with Crippen molar-refractivity contribution in [1.82, 2.24) is 4.90 Å². The summed E-state index contributed by atoms with van der Waals surface area (Å²) >= 11 is 0. The fourth-order valence-electron chi connectivity index (χ4n) is 2.28. The van der Waals surface area contributed by atoms with Crippen molar-refractivity contribution < 1.29 is 5.11 Å². The molecule has 0 aliphatic heterocycles. The summed E-state index contributed by atoms with van der Waals surface area (Å²) in [4.78, 5) is 2.29. The van der Waals surface area contributed by atoms with E-state index in [0.717, 1.165) is 25.1 Å². The second-order valence-corrected chi connectivity index (χ2v) is 6.52. The van der Waals surface area contributed by atoms with Gasteiger partial charge >= 0.3 is 0 Å². The number of benzene rings is 1. The van der Waals surface area contributed by atoms with Gasteiger partial charge in [-0.3, -0.25) is 0 Å². The van der Waals surface area contributed by atoms with Gasteiger partial charge in [0.2, 0.25) is 0 Å². The van der Waals surface area contributed by atoms with Crippen LogP contribution in [0.4, 0.5) is 0 Å². The summed E-state index contributed by atoms with van der Waals surface area (Å²) in [5.74, 6) is 0. The van der Waals surface area contributed by atoms with Gasteiger partial charge in [-0.05, 0) is 31.4 Å². The molecule has 1 aromatic rings. The van der Waals surface area contributed by atoms with E-state index in [2.05, 4.69) is 51.8 Å². The topological polar surface area (TPSA) is 23.5 Å². The van der Waals surface area contributed by atoms with Gasteiger partial charge in [-0.1, -0.05) is 50.6 Å². The number of aliphatic hydroxyl groups excluding tert-OH is 1. The Morgan fingerprint density at radius 3 is 2.50 bits per heavy atom. The minimum absolute atomic E-state index is 0.309. The summed E-state index contributed by atoms with van der Waals surface area (Å²) in [6.07, 6.45) is 0.433. The summed E-state index contributed by atoms with van der Waals surface area (Å²) in [7, 11) is 2.12. The molecule has 0 spiro atoms. The highest BCUT2D eigenvalue weighted by molar-refractivity contribution is 5.23. The van der Waals surface area contributed by atoms with Crippen molar-refractivity contribution in [2.24, 2.45) is 5.41 Å². The molecule has 0 saturated carbocycles. The highest BCUT2D eigenvalue weighted by Crippen LogP contribution is 2.19. The molecule has 1 aromatic carbocycles. The Labute approximate surface area is 112 Å². The third-order valence-electron chi connectivity index (χ3n) is 2.96. The van der Waals surface area contributed by atoms with E-state index in [4.69, 9.17) is 0 Å². The van der Waals surface area contributed by atoms with Crippen molar-refractivity contribution in [1.29, 1.82) is 0 Å². The molecule has 2 heteroatoms. The number of nitrogens with zero attached hydrogens (tertiary/aromatic N) is 1. The zero-order valence-electron chi connectivity index (χ0n) is 12.4.